The zero-order chi connectivity index (χ0) is 27.1. The van der Waals surface area contributed by atoms with E-state index in [4.69, 9.17) is 24.1 Å². The number of fused-ring (bicyclic) bond motifs is 2. The number of esters is 2. The zero-order valence-electron chi connectivity index (χ0n) is 22.0. The zero-order valence-corrected chi connectivity index (χ0v) is 22.0. The molecule has 10 nitrogen and oxygen atoms in total. The maximum absolute atomic E-state index is 12.8. The molecule has 3 fully saturated rings. The molecule has 1 spiro atoms. The Hall–Kier alpha value is -2.01. The highest BCUT2D eigenvalue weighted by Gasteiger charge is 2.83. The number of carbonyl (C=O) groups is 3. The molecule has 208 valence electrons. The van der Waals surface area contributed by atoms with Gasteiger partial charge in [-0.3, -0.25) is 14.4 Å². The van der Waals surface area contributed by atoms with Crippen LogP contribution in [0.3, 0.4) is 0 Å². The molecular weight excluding hydrogens is 484 g/mol. The van der Waals surface area contributed by atoms with Crippen molar-refractivity contribution in [3.63, 3.8) is 0 Å². The summed E-state index contributed by atoms with van der Waals surface area (Å²) in [4.78, 5) is 36.4. The van der Waals surface area contributed by atoms with Gasteiger partial charge >= 0.3 is 17.9 Å². The van der Waals surface area contributed by atoms with E-state index in [0.717, 1.165) is 6.42 Å². The van der Waals surface area contributed by atoms with Crippen LogP contribution in [0.15, 0.2) is 11.6 Å². The Labute approximate surface area is 217 Å². The minimum atomic E-state index is -1.38. The molecule has 3 N–H and O–H groups in total. The summed E-state index contributed by atoms with van der Waals surface area (Å²) >= 11 is 0. The second kappa shape index (κ2) is 10.3. The summed E-state index contributed by atoms with van der Waals surface area (Å²) in [5.41, 5.74) is -2.22. The van der Waals surface area contributed by atoms with E-state index in [1.165, 1.54) is 12.5 Å². The summed E-state index contributed by atoms with van der Waals surface area (Å²) in [6, 6.07) is 0. The fourth-order valence-electron chi connectivity index (χ4n) is 6.80. The van der Waals surface area contributed by atoms with Crippen LogP contribution < -0.4 is 0 Å². The monoisotopic (exact) mass is 524 g/mol. The minimum Gasteiger partial charge on any atom is -0.481 e. The largest absolute Gasteiger partial charge is 0.481 e. The van der Waals surface area contributed by atoms with Gasteiger partial charge in [-0.25, -0.2) is 0 Å². The van der Waals surface area contributed by atoms with Gasteiger partial charge in [0.05, 0.1) is 36.3 Å². The molecule has 37 heavy (non-hydrogen) atoms. The Morgan fingerprint density at radius 3 is 2.57 bits per heavy atom. The highest BCUT2D eigenvalue weighted by Crippen LogP contribution is 2.72. The van der Waals surface area contributed by atoms with E-state index in [9.17, 15) is 24.6 Å². The number of hydrogen-bond acceptors (Lipinski definition) is 9. The number of epoxide rings is 1. The van der Waals surface area contributed by atoms with Crippen LogP contribution in [0.1, 0.15) is 78.6 Å². The van der Waals surface area contributed by atoms with Gasteiger partial charge in [-0.05, 0) is 46.0 Å². The summed E-state index contributed by atoms with van der Waals surface area (Å²) in [6.45, 7) is 5.84. The molecule has 2 heterocycles. The number of allylic oxidation sites excluding steroid dienone is 1. The molecular formula is C27H40O10. The standard InChI is InChI=1S/C27H40O10/c1-17-8-9-26(15-34-23(32)14-24(2,33)10-11-28)19(12-17)36-20-13-18(25(26,3)27(20)16-35-27)37-22(31)7-5-4-6-21(29)30/h12,18-20,28,33H,4-11,13-16H2,1-3H3,(H,29,30)/t18-,19-,20-,24?,25-,26-,27?/m1/s1. The lowest BCUT2D eigenvalue weighted by atomic mass is 9.51. The van der Waals surface area contributed by atoms with E-state index in [1.54, 1.807) is 0 Å². The number of rotatable bonds is 12. The Morgan fingerprint density at radius 2 is 1.92 bits per heavy atom. The third kappa shape index (κ3) is 5.05. The van der Waals surface area contributed by atoms with Gasteiger partial charge in [0.2, 0.25) is 0 Å². The van der Waals surface area contributed by atoms with Crippen molar-refractivity contribution < 1.29 is 48.7 Å². The van der Waals surface area contributed by atoms with Crippen LogP contribution in [-0.2, 0) is 33.3 Å². The lowest BCUT2D eigenvalue weighted by Gasteiger charge is -2.58. The molecule has 2 unspecified atom stereocenters. The Balaban J connectivity index is 1.55. The van der Waals surface area contributed by atoms with Gasteiger partial charge in [0, 0.05) is 31.3 Å². The van der Waals surface area contributed by atoms with Crippen LogP contribution in [0, 0.1) is 10.8 Å². The van der Waals surface area contributed by atoms with Crippen molar-refractivity contribution in [1.29, 1.82) is 0 Å². The van der Waals surface area contributed by atoms with E-state index >= 15 is 0 Å². The molecule has 7 atom stereocenters. The smallest absolute Gasteiger partial charge is 0.308 e. The van der Waals surface area contributed by atoms with Crippen LogP contribution in [0.2, 0.25) is 0 Å². The molecule has 0 aromatic rings. The normalized spacial score (nSPS) is 37.3. The Morgan fingerprint density at radius 1 is 1.22 bits per heavy atom. The summed E-state index contributed by atoms with van der Waals surface area (Å²) < 4.78 is 24.5. The summed E-state index contributed by atoms with van der Waals surface area (Å²) in [7, 11) is 0. The second-order valence-electron chi connectivity index (χ2n) is 11.7. The topological polar surface area (TPSA) is 152 Å². The number of aliphatic hydroxyl groups excluding tert-OH is 1. The average molecular weight is 525 g/mol. The van der Waals surface area contributed by atoms with Gasteiger partial charge < -0.3 is 34.3 Å². The first-order valence-electron chi connectivity index (χ1n) is 13.3. The third-order valence-electron chi connectivity index (χ3n) is 9.18. The molecule has 4 rings (SSSR count). The van der Waals surface area contributed by atoms with Gasteiger partial charge in [0.15, 0.2) is 0 Å². The van der Waals surface area contributed by atoms with Crippen molar-refractivity contribution in [1.82, 2.24) is 0 Å². The van der Waals surface area contributed by atoms with Crippen LogP contribution >= 0.6 is 0 Å². The lowest BCUT2D eigenvalue weighted by molar-refractivity contribution is -0.234. The summed E-state index contributed by atoms with van der Waals surface area (Å²) in [6.07, 6.45) is 3.62. The van der Waals surface area contributed by atoms with Crippen LogP contribution in [-0.4, -0.2) is 82.6 Å². The number of carboxylic acid groups (broad SMARTS) is 1. The van der Waals surface area contributed by atoms with E-state index in [1.807, 2.05) is 6.92 Å². The molecule has 4 aliphatic rings. The van der Waals surface area contributed by atoms with Gasteiger partial charge in [-0.1, -0.05) is 18.6 Å². The number of aliphatic carboxylic acids is 1. The number of carboxylic acids is 1. The average Bonchev–Trinajstić information content (AvgIpc) is 3.58. The quantitative estimate of drug-likeness (QED) is 0.150. The number of aliphatic hydroxyl groups is 2. The number of ether oxygens (including phenoxy) is 4. The highest BCUT2D eigenvalue weighted by atomic mass is 16.6. The van der Waals surface area contributed by atoms with Crippen LogP contribution in [0.4, 0.5) is 0 Å². The number of unbranched alkanes of at least 4 members (excludes halogenated alkanes) is 1. The third-order valence-corrected chi connectivity index (χ3v) is 9.18. The van der Waals surface area contributed by atoms with Crippen molar-refractivity contribution in [3.8, 4) is 0 Å². The Bertz CT molecular complexity index is 937. The molecule has 2 aliphatic carbocycles. The maximum Gasteiger partial charge on any atom is 0.308 e. The first-order valence-corrected chi connectivity index (χ1v) is 13.3. The van der Waals surface area contributed by atoms with E-state index < -0.39 is 40.1 Å². The van der Waals surface area contributed by atoms with E-state index in [0.29, 0.717) is 32.3 Å². The van der Waals surface area contributed by atoms with Crippen LogP contribution in [0.5, 0.6) is 0 Å². The first kappa shape index (κ1) is 28.0. The molecule has 1 saturated carbocycles. The predicted octanol–water partition coefficient (Wildman–Crippen LogP) is 2.28. The minimum absolute atomic E-state index is 0.00826. The summed E-state index contributed by atoms with van der Waals surface area (Å²) in [5, 5.41) is 28.4. The van der Waals surface area contributed by atoms with Crippen molar-refractivity contribution in [3.05, 3.63) is 11.6 Å². The molecule has 0 aromatic heterocycles. The Kier molecular flexibility index (Phi) is 7.78. The highest BCUT2D eigenvalue weighted by molar-refractivity contribution is 5.71. The molecule has 2 aliphatic heterocycles. The van der Waals surface area contributed by atoms with E-state index in [-0.39, 0.29) is 57.1 Å². The van der Waals surface area contributed by atoms with Gasteiger partial charge in [0.1, 0.15) is 18.3 Å². The van der Waals surface area contributed by atoms with Crippen molar-refractivity contribution >= 4 is 17.9 Å². The number of hydrogen-bond donors (Lipinski definition) is 3. The fraction of sp³-hybridized carbons (Fsp3) is 0.815. The van der Waals surface area contributed by atoms with E-state index in [2.05, 4.69) is 13.0 Å². The SMILES string of the molecule is CC1=C[C@H]2O[C@@H]3C[C@@H](OC(=O)CCCCC(=O)O)[C@@](C)(C34CO4)[C@@]2(COC(=O)CC(C)(O)CCO)CC1. The molecule has 10 heteroatoms. The molecule has 0 amide bonds. The van der Waals surface area contributed by atoms with Gasteiger partial charge in [-0.2, -0.15) is 0 Å². The van der Waals surface area contributed by atoms with Crippen molar-refractivity contribution in [2.75, 3.05) is 19.8 Å². The van der Waals surface area contributed by atoms with Crippen molar-refractivity contribution in [2.45, 2.75) is 108 Å². The maximum atomic E-state index is 12.8. The second-order valence-corrected chi connectivity index (χ2v) is 11.7. The van der Waals surface area contributed by atoms with Crippen LogP contribution in [0.25, 0.3) is 0 Å². The molecule has 2 saturated heterocycles. The molecule has 0 radical (unpaired) electrons. The number of carbonyl (C=O) groups excluding carboxylic acids is 2. The predicted molar refractivity (Wildman–Crippen MR) is 129 cm³/mol. The summed E-state index contributed by atoms with van der Waals surface area (Å²) in [5.74, 6) is -1.85. The lowest BCUT2D eigenvalue weighted by Crippen LogP contribution is -2.66. The molecule has 0 aromatic carbocycles. The molecule has 2 bridgehead atoms. The van der Waals surface area contributed by atoms with Crippen molar-refractivity contribution in [2.24, 2.45) is 10.8 Å². The fourth-order valence-corrected chi connectivity index (χ4v) is 6.80. The first-order chi connectivity index (χ1) is 17.4. The van der Waals surface area contributed by atoms with Gasteiger partial charge in [-0.15, -0.1) is 0 Å². The van der Waals surface area contributed by atoms with Gasteiger partial charge in [0.25, 0.3) is 0 Å².